The lowest BCUT2D eigenvalue weighted by atomic mass is 9.87. The van der Waals surface area contributed by atoms with Crippen molar-refractivity contribution < 1.29 is 23.1 Å². The number of hydrogen-bond acceptors (Lipinski definition) is 3. The first kappa shape index (κ1) is 17.9. The average Bonchev–Trinajstić information content (AvgIpc) is 3.16. The molecule has 2 aromatic carbocycles. The van der Waals surface area contributed by atoms with Gasteiger partial charge in [0.1, 0.15) is 11.6 Å². The maximum atomic E-state index is 14.5. The molecule has 2 heterocycles. The number of H-pyrrole nitrogens is 1. The summed E-state index contributed by atoms with van der Waals surface area (Å²) < 4.78 is 33.3. The highest BCUT2D eigenvalue weighted by molar-refractivity contribution is 6.08. The summed E-state index contributed by atoms with van der Waals surface area (Å²) in [4.78, 5) is 28.3. The Morgan fingerprint density at radius 2 is 1.89 bits per heavy atom. The van der Waals surface area contributed by atoms with Gasteiger partial charge in [0, 0.05) is 22.5 Å². The maximum Gasteiger partial charge on any atom is 0.340 e. The first-order valence-corrected chi connectivity index (χ1v) is 8.58. The second-order valence-corrected chi connectivity index (χ2v) is 6.54. The number of benzene rings is 2. The third kappa shape index (κ3) is 2.67. The van der Waals surface area contributed by atoms with Gasteiger partial charge >= 0.3 is 5.97 Å². The quantitative estimate of drug-likeness (QED) is 0.669. The molecule has 2 N–H and O–H groups in total. The molecule has 0 spiro atoms. The lowest BCUT2D eigenvalue weighted by molar-refractivity contribution is -0.116. The van der Waals surface area contributed by atoms with Crippen molar-refractivity contribution in [3.63, 3.8) is 0 Å². The van der Waals surface area contributed by atoms with E-state index in [9.17, 15) is 18.4 Å². The Bertz CT molecular complexity index is 1120. The fourth-order valence-corrected chi connectivity index (χ4v) is 3.69. The average molecular weight is 382 g/mol. The number of aromatic amines is 1. The number of carbonyl (C=O) groups is 2. The normalized spacial score (nSPS) is 15.3. The summed E-state index contributed by atoms with van der Waals surface area (Å²) in [6.45, 7) is 1.64. The van der Waals surface area contributed by atoms with Gasteiger partial charge in [-0.3, -0.25) is 4.79 Å². The summed E-state index contributed by atoms with van der Waals surface area (Å²) in [6.07, 6.45) is 0. The molecular formula is C21H16F2N2O3. The summed E-state index contributed by atoms with van der Waals surface area (Å²) in [7, 11) is 1.23. The van der Waals surface area contributed by atoms with Crippen LogP contribution in [0.3, 0.4) is 0 Å². The lowest BCUT2D eigenvalue weighted by Gasteiger charge is -2.14. The minimum Gasteiger partial charge on any atom is -0.465 e. The number of esters is 1. The van der Waals surface area contributed by atoms with Crippen LogP contribution in [0.15, 0.2) is 42.5 Å². The second kappa shape index (κ2) is 6.60. The van der Waals surface area contributed by atoms with E-state index >= 15 is 0 Å². The molecule has 0 bridgehead atoms. The molecule has 4 rings (SSSR count). The van der Waals surface area contributed by atoms with E-state index in [-0.39, 0.29) is 22.4 Å². The number of amides is 1. The highest BCUT2D eigenvalue weighted by atomic mass is 19.1. The van der Waals surface area contributed by atoms with Crippen molar-refractivity contribution in [3.05, 3.63) is 76.5 Å². The highest BCUT2D eigenvalue weighted by Gasteiger charge is 2.39. The monoisotopic (exact) mass is 382 g/mol. The van der Waals surface area contributed by atoms with Gasteiger partial charge in [-0.05, 0) is 42.8 Å². The zero-order chi connectivity index (χ0) is 20.0. The standard InChI is InChI=1S/C21H16F2N2O3/c1-10-16(21(27)28-2)18(19(24-10)12-5-3-4-6-14(12)23)17-13-9-11(22)7-8-15(13)25-20(17)26/h3-9,17,24H,1-2H3,(H,25,26)/t17-/m1/s1. The first-order valence-electron chi connectivity index (χ1n) is 8.58. The van der Waals surface area contributed by atoms with Gasteiger partial charge in [0.25, 0.3) is 0 Å². The number of aryl methyl sites for hydroxylation is 1. The molecule has 0 unspecified atom stereocenters. The van der Waals surface area contributed by atoms with Gasteiger partial charge in [0.05, 0.1) is 24.3 Å². The fourth-order valence-electron chi connectivity index (χ4n) is 3.69. The Morgan fingerprint density at radius 3 is 2.61 bits per heavy atom. The van der Waals surface area contributed by atoms with Crippen LogP contribution in [0.1, 0.15) is 33.1 Å². The Balaban J connectivity index is 2.04. The first-order chi connectivity index (χ1) is 13.4. The van der Waals surface area contributed by atoms with E-state index in [1.807, 2.05) is 0 Å². The number of methoxy groups -OCH3 is 1. The zero-order valence-electron chi connectivity index (χ0n) is 15.1. The second-order valence-electron chi connectivity index (χ2n) is 6.54. The zero-order valence-corrected chi connectivity index (χ0v) is 15.1. The van der Waals surface area contributed by atoms with Crippen molar-refractivity contribution in [3.8, 4) is 11.3 Å². The molecule has 28 heavy (non-hydrogen) atoms. The number of nitrogens with one attached hydrogen (secondary N) is 2. The molecule has 1 aromatic heterocycles. The minimum absolute atomic E-state index is 0.137. The van der Waals surface area contributed by atoms with E-state index in [0.29, 0.717) is 16.9 Å². The van der Waals surface area contributed by atoms with E-state index in [4.69, 9.17) is 4.74 Å². The van der Waals surface area contributed by atoms with E-state index < -0.39 is 29.4 Å². The highest BCUT2D eigenvalue weighted by Crippen LogP contribution is 2.44. The van der Waals surface area contributed by atoms with Crippen LogP contribution in [-0.2, 0) is 9.53 Å². The molecule has 1 atom stereocenters. The molecule has 0 saturated carbocycles. The van der Waals surface area contributed by atoms with Gasteiger partial charge in [-0.2, -0.15) is 0 Å². The number of hydrogen-bond donors (Lipinski definition) is 2. The van der Waals surface area contributed by atoms with E-state index in [2.05, 4.69) is 10.3 Å². The number of ether oxygens (including phenoxy) is 1. The fraction of sp³-hybridized carbons (Fsp3) is 0.143. The molecule has 0 fully saturated rings. The predicted molar refractivity (Wildman–Crippen MR) is 99.1 cm³/mol. The van der Waals surface area contributed by atoms with Crippen LogP contribution in [0, 0.1) is 18.6 Å². The van der Waals surface area contributed by atoms with E-state index in [1.165, 1.54) is 31.4 Å². The van der Waals surface area contributed by atoms with Gasteiger partial charge < -0.3 is 15.0 Å². The number of fused-ring (bicyclic) bond motifs is 1. The van der Waals surface area contributed by atoms with Crippen LogP contribution in [-0.4, -0.2) is 24.0 Å². The topological polar surface area (TPSA) is 71.2 Å². The van der Waals surface area contributed by atoms with Crippen molar-refractivity contribution >= 4 is 17.6 Å². The number of carbonyl (C=O) groups excluding carboxylic acids is 2. The molecule has 3 aromatic rings. The molecule has 0 saturated heterocycles. The van der Waals surface area contributed by atoms with Crippen molar-refractivity contribution in [2.45, 2.75) is 12.8 Å². The van der Waals surface area contributed by atoms with Gasteiger partial charge in [-0.15, -0.1) is 0 Å². The number of anilines is 1. The van der Waals surface area contributed by atoms with Gasteiger partial charge in [0.15, 0.2) is 0 Å². The smallest absolute Gasteiger partial charge is 0.340 e. The molecule has 1 amide bonds. The Labute approximate surface area is 159 Å². The molecule has 5 nitrogen and oxygen atoms in total. The molecule has 142 valence electrons. The predicted octanol–water partition coefficient (Wildman–Crippen LogP) is 4.14. The summed E-state index contributed by atoms with van der Waals surface area (Å²) in [5.74, 6) is -3.11. The van der Waals surface area contributed by atoms with Crippen molar-refractivity contribution in [1.29, 1.82) is 0 Å². The van der Waals surface area contributed by atoms with Gasteiger partial charge in [-0.25, -0.2) is 13.6 Å². The Hall–Kier alpha value is -3.48. The van der Waals surface area contributed by atoms with Crippen molar-refractivity contribution in [2.24, 2.45) is 0 Å². The van der Waals surface area contributed by atoms with Crippen molar-refractivity contribution in [2.75, 3.05) is 12.4 Å². The van der Waals surface area contributed by atoms with Crippen LogP contribution in [0.25, 0.3) is 11.3 Å². The Kier molecular flexibility index (Phi) is 4.22. The van der Waals surface area contributed by atoms with Crippen LogP contribution >= 0.6 is 0 Å². The van der Waals surface area contributed by atoms with Crippen LogP contribution < -0.4 is 5.32 Å². The number of rotatable bonds is 3. The number of halogens is 2. The maximum absolute atomic E-state index is 14.5. The SMILES string of the molecule is COC(=O)c1c(C)[nH]c(-c2ccccc2F)c1[C@@H]1C(=O)Nc2ccc(F)cc21. The molecule has 1 aliphatic rings. The molecular weight excluding hydrogens is 366 g/mol. The largest absolute Gasteiger partial charge is 0.465 e. The number of aromatic nitrogens is 1. The molecule has 0 radical (unpaired) electrons. The van der Waals surface area contributed by atoms with Crippen molar-refractivity contribution in [1.82, 2.24) is 4.98 Å². The third-order valence-electron chi connectivity index (χ3n) is 4.89. The van der Waals surface area contributed by atoms with E-state index in [1.54, 1.807) is 25.1 Å². The summed E-state index contributed by atoms with van der Waals surface area (Å²) in [6, 6.07) is 9.97. The molecule has 7 heteroatoms. The van der Waals surface area contributed by atoms with Crippen LogP contribution in [0.5, 0.6) is 0 Å². The van der Waals surface area contributed by atoms with Crippen LogP contribution in [0.4, 0.5) is 14.5 Å². The molecule has 1 aliphatic heterocycles. The van der Waals surface area contributed by atoms with Crippen LogP contribution in [0.2, 0.25) is 0 Å². The molecule has 0 aliphatic carbocycles. The lowest BCUT2D eigenvalue weighted by Crippen LogP contribution is -2.17. The van der Waals surface area contributed by atoms with E-state index in [0.717, 1.165) is 0 Å². The minimum atomic E-state index is -0.987. The Morgan fingerprint density at radius 1 is 1.14 bits per heavy atom. The summed E-state index contributed by atoms with van der Waals surface area (Å²) in [5, 5.41) is 2.69. The third-order valence-corrected chi connectivity index (χ3v) is 4.89. The van der Waals surface area contributed by atoms with Gasteiger partial charge in [0.2, 0.25) is 5.91 Å². The van der Waals surface area contributed by atoms with Gasteiger partial charge in [-0.1, -0.05) is 12.1 Å². The summed E-state index contributed by atoms with van der Waals surface area (Å²) >= 11 is 0. The summed E-state index contributed by atoms with van der Waals surface area (Å²) in [5.41, 5.74) is 2.14.